The van der Waals surface area contributed by atoms with Crippen molar-refractivity contribution in [3.63, 3.8) is 0 Å². The Balaban J connectivity index is 2.38. The second kappa shape index (κ2) is 4.12. The predicted molar refractivity (Wildman–Crippen MR) is 60.2 cm³/mol. The monoisotopic (exact) mass is 226 g/mol. The molecule has 2 nitrogen and oxygen atoms in total. The normalized spacial score (nSPS) is 19.4. The molecule has 0 saturated carbocycles. The zero-order chi connectivity index (χ0) is 10.9. The molecule has 0 bridgehead atoms. The van der Waals surface area contributed by atoms with E-state index in [9.17, 15) is 0 Å². The third kappa shape index (κ3) is 1.89. The average molecular weight is 227 g/mol. The summed E-state index contributed by atoms with van der Waals surface area (Å²) in [5.74, 6) is -0.393. The van der Waals surface area contributed by atoms with Gasteiger partial charge in [0, 0.05) is 5.56 Å². The van der Waals surface area contributed by atoms with Gasteiger partial charge in [0.15, 0.2) is 0 Å². The minimum atomic E-state index is -0.722. The van der Waals surface area contributed by atoms with Crippen LogP contribution in [-0.4, -0.2) is 19.1 Å². The Hall–Kier alpha value is -0.570. The van der Waals surface area contributed by atoms with Gasteiger partial charge < -0.3 is 9.47 Å². The third-order valence-corrected chi connectivity index (χ3v) is 3.23. The van der Waals surface area contributed by atoms with Crippen LogP contribution in [0.2, 0.25) is 0 Å². The predicted octanol–water partition coefficient (Wildman–Crippen LogP) is 2.74. The van der Waals surface area contributed by atoms with Crippen LogP contribution in [0, 0.1) is 13.8 Å². The molecule has 0 aliphatic carbocycles. The molecule has 0 radical (unpaired) electrons. The number of benzene rings is 1. The number of hydrogen-bond donors (Lipinski definition) is 0. The van der Waals surface area contributed by atoms with Gasteiger partial charge in [0.1, 0.15) is 0 Å². The number of halogens is 1. The van der Waals surface area contributed by atoms with Gasteiger partial charge in [-0.25, -0.2) is 0 Å². The lowest BCUT2D eigenvalue weighted by Gasteiger charge is -2.25. The summed E-state index contributed by atoms with van der Waals surface area (Å²) in [4.78, 5) is 0. The highest BCUT2D eigenvalue weighted by Crippen LogP contribution is 2.33. The molecule has 1 heterocycles. The summed E-state index contributed by atoms with van der Waals surface area (Å²) in [7, 11) is 0. The highest BCUT2D eigenvalue weighted by Gasteiger charge is 2.37. The number of hydrogen-bond acceptors (Lipinski definition) is 2. The molecule has 1 aliphatic rings. The second-order valence-corrected chi connectivity index (χ2v) is 4.15. The van der Waals surface area contributed by atoms with Gasteiger partial charge in [-0.15, -0.1) is 11.6 Å². The summed E-state index contributed by atoms with van der Waals surface area (Å²) in [6, 6.07) is 6.18. The Kier molecular flexibility index (Phi) is 3.01. The van der Waals surface area contributed by atoms with Gasteiger partial charge >= 0.3 is 0 Å². The summed E-state index contributed by atoms with van der Waals surface area (Å²) >= 11 is 5.94. The minimum absolute atomic E-state index is 0.329. The van der Waals surface area contributed by atoms with Gasteiger partial charge in [-0.1, -0.05) is 18.2 Å². The molecule has 1 saturated heterocycles. The van der Waals surface area contributed by atoms with Gasteiger partial charge in [0.05, 0.1) is 19.1 Å². The number of aryl methyl sites for hydroxylation is 2. The molecule has 0 aromatic heterocycles. The lowest BCUT2D eigenvalue weighted by molar-refractivity contribution is -0.146. The van der Waals surface area contributed by atoms with E-state index in [1.54, 1.807) is 0 Å². The maximum atomic E-state index is 5.94. The topological polar surface area (TPSA) is 18.5 Å². The molecule has 2 rings (SSSR count). The maximum absolute atomic E-state index is 5.94. The van der Waals surface area contributed by atoms with Crippen LogP contribution in [0.5, 0.6) is 0 Å². The van der Waals surface area contributed by atoms with E-state index in [1.165, 1.54) is 11.1 Å². The van der Waals surface area contributed by atoms with E-state index in [4.69, 9.17) is 21.1 Å². The van der Waals surface area contributed by atoms with Crippen LogP contribution in [0.25, 0.3) is 0 Å². The molecule has 0 unspecified atom stereocenters. The van der Waals surface area contributed by atoms with E-state index in [0.717, 1.165) is 5.56 Å². The van der Waals surface area contributed by atoms with Crippen molar-refractivity contribution in [1.82, 2.24) is 0 Å². The first kappa shape index (κ1) is 10.9. The largest absolute Gasteiger partial charge is 0.342 e. The standard InChI is InChI=1S/C12H15ClO2/c1-9-3-4-11(7-10(9)2)12(8-13)14-5-6-15-12/h3-4,7H,5-6,8H2,1-2H3. The SMILES string of the molecule is Cc1ccc(C2(CCl)OCCO2)cc1C. The van der Waals surface area contributed by atoms with E-state index in [0.29, 0.717) is 19.1 Å². The zero-order valence-electron chi connectivity index (χ0n) is 9.05. The van der Waals surface area contributed by atoms with Crippen molar-refractivity contribution in [1.29, 1.82) is 0 Å². The fourth-order valence-corrected chi connectivity index (χ4v) is 2.06. The maximum Gasteiger partial charge on any atom is 0.209 e. The quantitative estimate of drug-likeness (QED) is 0.722. The first-order chi connectivity index (χ1) is 7.18. The molecule has 1 fully saturated rings. The summed E-state index contributed by atoms with van der Waals surface area (Å²) in [6.07, 6.45) is 0. The van der Waals surface area contributed by atoms with Crippen molar-refractivity contribution >= 4 is 11.6 Å². The first-order valence-electron chi connectivity index (χ1n) is 5.09. The van der Waals surface area contributed by atoms with E-state index in [-0.39, 0.29) is 0 Å². The van der Waals surface area contributed by atoms with Gasteiger partial charge in [0.25, 0.3) is 0 Å². The number of alkyl halides is 1. The fraction of sp³-hybridized carbons (Fsp3) is 0.500. The number of rotatable bonds is 2. The van der Waals surface area contributed by atoms with Crippen molar-refractivity contribution in [2.75, 3.05) is 19.1 Å². The molecule has 3 heteroatoms. The molecule has 82 valence electrons. The molecule has 0 spiro atoms. The highest BCUT2D eigenvalue weighted by atomic mass is 35.5. The van der Waals surface area contributed by atoms with Crippen molar-refractivity contribution in [2.45, 2.75) is 19.6 Å². The van der Waals surface area contributed by atoms with Gasteiger partial charge in [-0.05, 0) is 25.0 Å². The van der Waals surface area contributed by atoms with E-state index in [1.807, 2.05) is 6.07 Å². The molecule has 15 heavy (non-hydrogen) atoms. The van der Waals surface area contributed by atoms with Gasteiger partial charge in [-0.3, -0.25) is 0 Å². The third-order valence-electron chi connectivity index (χ3n) is 2.88. The van der Waals surface area contributed by atoms with E-state index < -0.39 is 5.79 Å². The van der Waals surface area contributed by atoms with Crippen LogP contribution < -0.4 is 0 Å². The summed E-state index contributed by atoms with van der Waals surface area (Å²) in [6.45, 7) is 5.39. The van der Waals surface area contributed by atoms with Gasteiger partial charge in [-0.2, -0.15) is 0 Å². The van der Waals surface area contributed by atoms with E-state index in [2.05, 4.69) is 26.0 Å². The summed E-state index contributed by atoms with van der Waals surface area (Å²) in [5.41, 5.74) is 3.51. The van der Waals surface area contributed by atoms with Crippen LogP contribution >= 0.6 is 11.6 Å². The molecule has 1 aliphatic heterocycles. The summed E-state index contributed by atoms with van der Waals surface area (Å²) in [5, 5.41) is 0. The molecule has 0 N–H and O–H groups in total. The molecule has 1 aromatic carbocycles. The van der Waals surface area contributed by atoms with Crippen LogP contribution in [-0.2, 0) is 15.3 Å². The lowest BCUT2D eigenvalue weighted by atomic mass is 10.0. The van der Waals surface area contributed by atoms with Crippen molar-refractivity contribution in [3.8, 4) is 0 Å². The second-order valence-electron chi connectivity index (χ2n) is 3.88. The Morgan fingerprint density at radius 1 is 1.20 bits per heavy atom. The van der Waals surface area contributed by atoms with Crippen LogP contribution in [0.15, 0.2) is 18.2 Å². The van der Waals surface area contributed by atoms with Crippen molar-refractivity contribution in [2.24, 2.45) is 0 Å². The highest BCUT2D eigenvalue weighted by molar-refractivity contribution is 6.18. The van der Waals surface area contributed by atoms with Crippen LogP contribution in [0.4, 0.5) is 0 Å². The van der Waals surface area contributed by atoms with Crippen LogP contribution in [0.1, 0.15) is 16.7 Å². The Morgan fingerprint density at radius 2 is 1.87 bits per heavy atom. The zero-order valence-corrected chi connectivity index (χ0v) is 9.80. The molecular weight excluding hydrogens is 212 g/mol. The Labute approximate surface area is 95.1 Å². The molecule has 1 aromatic rings. The fourth-order valence-electron chi connectivity index (χ4n) is 1.75. The van der Waals surface area contributed by atoms with E-state index >= 15 is 0 Å². The van der Waals surface area contributed by atoms with Gasteiger partial charge in [0.2, 0.25) is 5.79 Å². The lowest BCUT2D eigenvalue weighted by Crippen LogP contribution is -2.29. The Morgan fingerprint density at radius 3 is 2.40 bits per heavy atom. The Bertz CT molecular complexity index is 357. The first-order valence-corrected chi connectivity index (χ1v) is 5.63. The van der Waals surface area contributed by atoms with Crippen molar-refractivity contribution < 1.29 is 9.47 Å². The average Bonchev–Trinajstić information content (AvgIpc) is 2.72. The minimum Gasteiger partial charge on any atom is -0.342 e. The molecule has 0 atom stereocenters. The molecular formula is C12H15ClO2. The summed E-state index contributed by atoms with van der Waals surface area (Å²) < 4.78 is 11.2. The van der Waals surface area contributed by atoms with Crippen LogP contribution in [0.3, 0.4) is 0 Å². The van der Waals surface area contributed by atoms with Crippen molar-refractivity contribution in [3.05, 3.63) is 34.9 Å². The molecule has 0 amide bonds. The number of ether oxygens (including phenoxy) is 2. The smallest absolute Gasteiger partial charge is 0.209 e.